The van der Waals surface area contributed by atoms with Crippen molar-refractivity contribution in [1.82, 2.24) is 4.57 Å². The summed E-state index contributed by atoms with van der Waals surface area (Å²) >= 11 is 0. The smallest absolute Gasteiger partial charge is 0.0541 e. The van der Waals surface area contributed by atoms with Gasteiger partial charge in [-0.15, -0.1) is 0 Å². The summed E-state index contributed by atoms with van der Waals surface area (Å²) in [6.45, 7) is 63.4. The quantitative estimate of drug-likeness (QED) is 0.115. The van der Waals surface area contributed by atoms with Gasteiger partial charge in [-0.2, -0.15) is 0 Å². The summed E-state index contributed by atoms with van der Waals surface area (Å²) < 4.78 is 2.57. The zero-order chi connectivity index (χ0) is 86.8. The number of fused-ring (bicyclic) bond motifs is 3. The zero-order valence-corrected chi connectivity index (χ0v) is 77.7. The van der Waals surface area contributed by atoms with Gasteiger partial charge in [0.15, 0.2) is 0 Å². The number of nitrogens with zero attached hydrogens (tertiary/aromatic N) is 1. The zero-order valence-electron chi connectivity index (χ0n) is 77.7. The predicted octanol–water partition coefficient (Wildman–Crippen LogP) is 34.8. The maximum absolute atomic E-state index is 2.57. The van der Waals surface area contributed by atoms with Crippen LogP contribution in [0.1, 0.15) is 237 Å². The molecule has 1 nitrogen and oxygen atoms in total. The Labute approximate surface area is 726 Å². The lowest BCUT2D eigenvalue weighted by Crippen LogP contribution is -2.16. The molecule has 0 spiro atoms. The second-order valence-corrected chi connectivity index (χ2v) is 44.1. The molecule has 14 aromatic carbocycles. The van der Waals surface area contributed by atoms with Gasteiger partial charge in [-0.05, 0) is 282 Å². The van der Waals surface area contributed by atoms with Crippen molar-refractivity contribution in [2.24, 2.45) is 0 Å². The molecule has 0 bridgehead atoms. The van der Waals surface area contributed by atoms with Crippen LogP contribution < -0.4 is 0 Å². The third-order valence-electron chi connectivity index (χ3n) is 25.3. The van der Waals surface area contributed by atoms with E-state index in [9.17, 15) is 0 Å². The van der Waals surface area contributed by atoms with Crippen molar-refractivity contribution in [3.63, 3.8) is 0 Å². The molecule has 1 aromatic heterocycles. The Morgan fingerprint density at radius 2 is 0.347 bits per heavy atom. The first-order chi connectivity index (χ1) is 56.6. The van der Waals surface area contributed by atoms with Crippen LogP contribution in [0, 0.1) is 0 Å². The number of rotatable bonds is 12. The maximum atomic E-state index is 2.57. The van der Waals surface area contributed by atoms with Crippen LogP contribution in [0.2, 0.25) is 0 Å². The number of benzene rings is 14. The first-order valence-corrected chi connectivity index (χ1v) is 44.3. The van der Waals surface area contributed by atoms with E-state index in [0.29, 0.717) is 0 Å². The summed E-state index contributed by atoms with van der Waals surface area (Å²) in [5.74, 6) is 0. The second-order valence-electron chi connectivity index (χ2n) is 44.1. The van der Waals surface area contributed by atoms with Crippen LogP contribution in [-0.2, 0) is 48.7 Å². The maximum Gasteiger partial charge on any atom is 0.0541 e. The Morgan fingerprint density at radius 1 is 0.149 bits per heavy atom. The fourth-order valence-corrected chi connectivity index (χ4v) is 17.7. The lowest BCUT2D eigenvalue weighted by Gasteiger charge is -2.27. The highest BCUT2D eigenvalue weighted by molar-refractivity contribution is 6.13. The molecule has 0 saturated carbocycles. The molecule has 0 fully saturated rings. The monoisotopic (exact) mass is 1580 g/mol. The number of para-hydroxylation sites is 1. The molecule has 0 atom stereocenters. The van der Waals surface area contributed by atoms with Gasteiger partial charge in [0.2, 0.25) is 0 Å². The van der Waals surface area contributed by atoms with Gasteiger partial charge >= 0.3 is 0 Å². The molecule has 0 aliphatic carbocycles. The predicted molar refractivity (Wildman–Crippen MR) is 529 cm³/mol. The first-order valence-electron chi connectivity index (χ1n) is 44.3. The lowest BCUT2D eigenvalue weighted by molar-refractivity contribution is 0.568. The van der Waals surface area contributed by atoms with Crippen molar-refractivity contribution >= 4 is 21.8 Å². The van der Waals surface area contributed by atoms with E-state index < -0.39 is 0 Å². The van der Waals surface area contributed by atoms with Crippen LogP contribution in [0.4, 0.5) is 0 Å². The van der Waals surface area contributed by atoms with Crippen LogP contribution >= 0.6 is 0 Å². The minimum absolute atomic E-state index is 0.0705. The summed E-state index contributed by atoms with van der Waals surface area (Å²) in [6, 6.07) is 114. The fourth-order valence-electron chi connectivity index (χ4n) is 17.7. The second kappa shape index (κ2) is 31.1. The van der Waals surface area contributed by atoms with Crippen LogP contribution in [0.3, 0.4) is 0 Å². The van der Waals surface area contributed by atoms with Crippen molar-refractivity contribution in [3.05, 3.63) is 341 Å². The highest BCUT2D eigenvalue weighted by atomic mass is 15.0. The Kier molecular flexibility index (Phi) is 21.8. The van der Waals surface area contributed by atoms with Crippen LogP contribution in [-0.4, -0.2) is 4.57 Å². The van der Waals surface area contributed by atoms with E-state index in [1.165, 1.54) is 161 Å². The van der Waals surface area contributed by atoms with E-state index in [0.717, 1.165) is 39.0 Å². The summed E-state index contributed by atoms with van der Waals surface area (Å²) in [5, 5.41) is 2.36. The Hall–Kier alpha value is -11.1. The molecule has 0 aliphatic heterocycles. The molecule has 0 saturated heterocycles. The fraction of sp³-hybridized carbons (Fsp3) is 0.300. The van der Waals surface area contributed by atoms with Gasteiger partial charge in [0.25, 0.3) is 0 Å². The first kappa shape index (κ1) is 84.9. The SMILES string of the molecule is CC(C)(C)c1cc(-c2ccccc2-c2cc(-c3ccc4c(c3)c3cc(-c5cc(-c6ccccc6-c6cc(C(C)(C)C)cc(C(C)(C)C)c6)cc(-c6ccccc6-c6cc(C(C)(C)C)cc(C(C)(C)C)c6)c5)ccc3n4-c3ccccc3-c3ccccc3C(C)(C)C)cc(-c3ccccc3-c3cc(C(C)(C)C)cc(C(C)(C)C)c3)c2)cc(C(C)(C)C)c1. The topological polar surface area (TPSA) is 4.93 Å². The molecule has 614 valence electrons. The highest BCUT2D eigenvalue weighted by Gasteiger charge is 2.31. The normalized spacial score (nSPS) is 12.9. The largest absolute Gasteiger partial charge is 0.309 e. The molecule has 1 heterocycles. The number of aromatic nitrogens is 1. The van der Waals surface area contributed by atoms with E-state index in [2.05, 4.69) is 483 Å². The van der Waals surface area contributed by atoms with Crippen LogP contribution in [0.15, 0.2) is 291 Å². The molecular formula is C120H129N. The molecular weight excluding hydrogens is 1460 g/mol. The van der Waals surface area contributed by atoms with Crippen molar-refractivity contribution in [1.29, 1.82) is 0 Å². The highest BCUT2D eigenvalue weighted by Crippen LogP contribution is 2.50. The molecule has 0 amide bonds. The average Bonchev–Trinajstić information content (AvgIpc) is 1.62. The molecule has 1 heteroatoms. The van der Waals surface area contributed by atoms with Crippen LogP contribution in [0.5, 0.6) is 0 Å². The van der Waals surface area contributed by atoms with E-state index in [4.69, 9.17) is 0 Å². The van der Waals surface area contributed by atoms with Gasteiger partial charge in [-0.25, -0.2) is 0 Å². The summed E-state index contributed by atoms with van der Waals surface area (Å²) in [6.07, 6.45) is 0. The van der Waals surface area contributed by atoms with Gasteiger partial charge in [0.05, 0.1) is 16.7 Å². The average molecular weight is 1590 g/mol. The molecule has 15 rings (SSSR count). The molecule has 121 heavy (non-hydrogen) atoms. The summed E-state index contributed by atoms with van der Waals surface area (Å²) in [5.41, 5.74) is 41.0. The summed E-state index contributed by atoms with van der Waals surface area (Å²) in [4.78, 5) is 0. The van der Waals surface area contributed by atoms with E-state index >= 15 is 0 Å². The Morgan fingerprint density at radius 3 is 0.579 bits per heavy atom. The standard InChI is InChI=1S/C120H129N/c1-112(2,3)88-62-84(63-89(72-88)113(4,5)6)100-44-32-28-40-96(100)80-56-78(57-81(60-80)97-41-29-33-45-101(97)85-64-90(114(7,8)9)73-91(65-85)115(10,11)12)76-52-54-110-106(70-76)107-71-77(53-55-111(107)121(110)109-51-39-37-49-105(109)104-48-36-38-50-108(104)120(25,26)27)79-58-82(98-42-30-34-46-102(98)86-66-92(116(13,14)15)74-93(67-86)117(16,17)18)61-83(59-79)99-43-31-35-47-103(99)87-68-94(118(19,20)21)75-95(69-87)119(22,23)24/h28-75H,1-27H3. The Balaban J connectivity index is 1.03. The van der Waals surface area contributed by atoms with Gasteiger partial charge in [-0.1, -0.05) is 411 Å². The minimum atomic E-state index is -0.119. The van der Waals surface area contributed by atoms with Gasteiger partial charge in [0.1, 0.15) is 0 Å². The third kappa shape index (κ3) is 17.5. The molecule has 0 aliphatic rings. The molecule has 15 aromatic rings. The van der Waals surface area contributed by atoms with Gasteiger partial charge in [-0.3, -0.25) is 0 Å². The van der Waals surface area contributed by atoms with Crippen molar-refractivity contribution in [2.45, 2.75) is 236 Å². The van der Waals surface area contributed by atoms with Crippen LogP contribution in [0.25, 0.3) is 150 Å². The molecule has 0 N–H and O–H groups in total. The van der Waals surface area contributed by atoms with Crippen molar-refractivity contribution in [2.75, 3.05) is 0 Å². The number of hydrogen-bond donors (Lipinski definition) is 0. The van der Waals surface area contributed by atoms with E-state index in [-0.39, 0.29) is 48.7 Å². The molecule has 0 unspecified atom stereocenters. The third-order valence-corrected chi connectivity index (χ3v) is 25.3. The molecule has 0 radical (unpaired) electrons. The van der Waals surface area contributed by atoms with E-state index in [1.54, 1.807) is 0 Å². The minimum Gasteiger partial charge on any atom is -0.309 e. The van der Waals surface area contributed by atoms with Gasteiger partial charge < -0.3 is 4.57 Å². The lowest BCUT2D eigenvalue weighted by atomic mass is 9.78. The number of hydrogen-bond acceptors (Lipinski definition) is 0. The Bertz CT molecular complexity index is 5730. The van der Waals surface area contributed by atoms with Gasteiger partial charge in [0, 0.05) is 16.3 Å². The van der Waals surface area contributed by atoms with Crippen molar-refractivity contribution < 1.29 is 0 Å². The van der Waals surface area contributed by atoms with E-state index in [1.807, 2.05) is 0 Å². The van der Waals surface area contributed by atoms with Crippen molar-refractivity contribution in [3.8, 4) is 128 Å². The summed E-state index contributed by atoms with van der Waals surface area (Å²) in [7, 11) is 0.